The van der Waals surface area contributed by atoms with Gasteiger partial charge in [0.2, 0.25) is 0 Å². The molecule has 1 fully saturated rings. The van der Waals surface area contributed by atoms with Crippen LogP contribution >= 0.6 is 0 Å². The first-order valence-corrected chi connectivity index (χ1v) is 8.64. The van der Waals surface area contributed by atoms with E-state index in [1.807, 2.05) is 0 Å². The maximum Gasteiger partial charge on any atom is 0.309 e. The number of hydrogen-bond acceptors (Lipinski definition) is 3. The van der Waals surface area contributed by atoms with E-state index in [9.17, 15) is 9.59 Å². The molecule has 1 aliphatic heterocycles. The Hall–Kier alpha value is -1.14. The molecule has 3 N–H and O–H groups in total. The average molecular weight is 314 g/mol. The normalized spacial score (nSPS) is 17.0. The zero-order chi connectivity index (χ0) is 16.2. The van der Waals surface area contributed by atoms with Gasteiger partial charge in [0.1, 0.15) is 13.1 Å². The predicted octanol–water partition coefficient (Wildman–Crippen LogP) is -0.650. The van der Waals surface area contributed by atoms with E-state index in [0.717, 1.165) is 52.1 Å². The van der Waals surface area contributed by atoms with Crippen LogP contribution < -0.4 is 15.5 Å². The largest absolute Gasteiger partial charge is 0.370 e. The highest BCUT2D eigenvalue weighted by Gasteiger charge is 2.17. The minimum atomic E-state index is -0.516. The van der Waals surface area contributed by atoms with Gasteiger partial charge >= 0.3 is 11.8 Å². The van der Waals surface area contributed by atoms with Crippen LogP contribution in [0, 0.1) is 5.92 Å². The van der Waals surface area contributed by atoms with Crippen LogP contribution in [-0.4, -0.2) is 57.8 Å². The number of ether oxygens (including phenoxy) is 1. The number of unbranched alkanes of at least 4 members (excludes halogenated alkanes) is 1. The van der Waals surface area contributed by atoms with E-state index in [1.165, 1.54) is 11.3 Å². The first-order valence-electron chi connectivity index (χ1n) is 8.64. The number of morpholine rings is 1. The molecular formula is C16H32N3O3+. The third kappa shape index (κ3) is 7.75. The fourth-order valence-electron chi connectivity index (χ4n) is 2.60. The lowest BCUT2D eigenvalue weighted by atomic mass is 9.99. The van der Waals surface area contributed by atoms with Crippen molar-refractivity contribution in [3.63, 3.8) is 0 Å². The van der Waals surface area contributed by atoms with Gasteiger partial charge in [-0.1, -0.05) is 33.1 Å². The molecule has 1 atom stereocenters. The van der Waals surface area contributed by atoms with Gasteiger partial charge < -0.3 is 20.3 Å². The number of amides is 2. The van der Waals surface area contributed by atoms with E-state index in [0.29, 0.717) is 19.0 Å². The maximum atomic E-state index is 11.8. The Morgan fingerprint density at radius 3 is 2.45 bits per heavy atom. The van der Waals surface area contributed by atoms with Gasteiger partial charge in [0.15, 0.2) is 0 Å². The van der Waals surface area contributed by atoms with Crippen LogP contribution in [0.25, 0.3) is 0 Å². The molecule has 0 bridgehead atoms. The highest BCUT2D eigenvalue weighted by molar-refractivity contribution is 6.35. The SMILES string of the molecule is CCCC[C@@H](CC)CNC(=O)C(=O)NCC[NH+]1CCOCC1. The molecule has 1 rings (SSSR count). The van der Waals surface area contributed by atoms with Gasteiger partial charge in [-0.2, -0.15) is 0 Å². The molecule has 0 saturated carbocycles. The van der Waals surface area contributed by atoms with E-state index >= 15 is 0 Å². The molecule has 0 spiro atoms. The molecule has 0 radical (unpaired) electrons. The lowest BCUT2D eigenvalue weighted by Gasteiger charge is -2.23. The lowest BCUT2D eigenvalue weighted by Crippen LogP contribution is -3.14. The van der Waals surface area contributed by atoms with Gasteiger partial charge in [0, 0.05) is 6.54 Å². The van der Waals surface area contributed by atoms with Gasteiger partial charge in [0.05, 0.1) is 26.3 Å². The molecule has 0 aromatic carbocycles. The molecule has 1 heterocycles. The Morgan fingerprint density at radius 2 is 1.82 bits per heavy atom. The maximum absolute atomic E-state index is 11.8. The van der Waals surface area contributed by atoms with Crippen molar-refractivity contribution in [2.45, 2.75) is 39.5 Å². The predicted molar refractivity (Wildman–Crippen MR) is 85.7 cm³/mol. The second-order valence-corrected chi connectivity index (χ2v) is 5.99. The molecule has 0 aliphatic carbocycles. The van der Waals surface area contributed by atoms with E-state index in [4.69, 9.17) is 4.74 Å². The Morgan fingerprint density at radius 1 is 1.14 bits per heavy atom. The second kappa shape index (κ2) is 11.4. The number of carbonyl (C=O) groups excluding carboxylic acids is 2. The van der Waals surface area contributed by atoms with E-state index in [2.05, 4.69) is 24.5 Å². The summed E-state index contributed by atoms with van der Waals surface area (Å²) in [5.41, 5.74) is 0. The number of nitrogens with one attached hydrogen (secondary N) is 3. The molecule has 0 aromatic rings. The van der Waals surface area contributed by atoms with Crippen molar-refractivity contribution in [1.29, 1.82) is 0 Å². The molecule has 6 heteroatoms. The van der Waals surface area contributed by atoms with Crippen LogP contribution in [0.1, 0.15) is 39.5 Å². The molecule has 6 nitrogen and oxygen atoms in total. The molecule has 22 heavy (non-hydrogen) atoms. The van der Waals surface area contributed by atoms with Gasteiger partial charge in [0.25, 0.3) is 0 Å². The van der Waals surface area contributed by atoms with E-state index < -0.39 is 11.8 Å². The summed E-state index contributed by atoms with van der Waals surface area (Å²) < 4.78 is 5.29. The van der Waals surface area contributed by atoms with Crippen LogP contribution in [0.15, 0.2) is 0 Å². The first-order chi connectivity index (χ1) is 10.7. The van der Waals surface area contributed by atoms with Gasteiger partial charge in [-0.15, -0.1) is 0 Å². The molecule has 0 aromatic heterocycles. The Balaban J connectivity index is 2.13. The van der Waals surface area contributed by atoms with Crippen molar-refractivity contribution < 1.29 is 19.2 Å². The molecular weight excluding hydrogens is 282 g/mol. The van der Waals surface area contributed by atoms with Crippen LogP contribution in [0.5, 0.6) is 0 Å². The monoisotopic (exact) mass is 314 g/mol. The number of carbonyl (C=O) groups is 2. The summed E-state index contributed by atoms with van der Waals surface area (Å²) in [7, 11) is 0. The molecule has 1 saturated heterocycles. The molecule has 2 amide bonds. The first kappa shape index (κ1) is 18.9. The van der Waals surface area contributed by atoms with Crippen LogP contribution in [0.2, 0.25) is 0 Å². The van der Waals surface area contributed by atoms with Crippen molar-refractivity contribution in [2.75, 3.05) is 45.9 Å². The van der Waals surface area contributed by atoms with Crippen molar-refractivity contribution in [3.05, 3.63) is 0 Å². The minimum absolute atomic E-state index is 0.467. The summed E-state index contributed by atoms with van der Waals surface area (Å²) in [6.07, 6.45) is 4.47. The average Bonchev–Trinajstić information content (AvgIpc) is 2.55. The van der Waals surface area contributed by atoms with E-state index in [-0.39, 0.29) is 0 Å². The van der Waals surface area contributed by atoms with Crippen molar-refractivity contribution in [3.8, 4) is 0 Å². The quantitative estimate of drug-likeness (QED) is 0.495. The summed E-state index contributed by atoms with van der Waals surface area (Å²) in [6, 6.07) is 0. The molecule has 128 valence electrons. The Labute approximate surface area is 134 Å². The van der Waals surface area contributed by atoms with E-state index in [1.54, 1.807) is 0 Å². The Bertz CT molecular complexity index is 331. The van der Waals surface area contributed by atoms with Crippen LogP contribution in [0.4, 0.5) is 0 Å². The zero-order valence-corrected chi connectivity index (χ0v) is 14.1. The molecule has 1 aliphatic rings. The summed E-state index contributed by atoms with van der Waals surface area (Å²) in [5, 5.41) is 5.46. The van der Waals surface area contributed by atoms with Crippen molar-refractivity contribution >= 4 is 11.8 Å². The van der Waals surface area contributed by atoms with Crippen LogP contribution in [0.3, 0.4) is 0 Å². The summed E-state index contributed by atoms with van der Waals surface area (Å²) in [4.78, 5) is 24.9. The number of rotatable bonds is 9. The Kier molecular flexibility index (Phi) is 9.82. The third-order valence-corrected chi connectivity index (χ3v) is 4.26. The number of quaternary nitrogens is 1. The summed E-state index contributed by atoms with van der Waals surface area (Å²) in [5.74, 6) is -0.556. The highest BCUT2D eigenvalue weighted by atomic mass is 16.5. The fraction of sp³-hybridized carbons (Fsp3) is 0.875. The smallest absolute Gasteiger partial charge is 0.309 e. The van der Waals surface area contributed by atoms with Gasteiger partial charge in [-0.3, -0.25) is 9.59 Å². The lowest BCUT2D eigenvalue weighted by molar-refractivity contribution is -0.906. The van der Waals surface area contributed by atoms with Crippen LogP contribution in [-0.2, 0) is 14.3 Å². The van der Waals surface area contributed by atoms with Crippen molar-refractivity contribution in [2.24, 2.45) is 5.92 Å². The second-order valence-electron chi connectivity index (χ2n) is 5.99. The third-order valence-electron chi connectivity index (χ3n) is 4.26. The highest BCUT2D eigenvalue weighted by Crippen LogP contribution is 2.10. The van der Waals surface area contributed by atoms with Gasteiger partial charge in [-0.05, 0) is 12.3 Å². The van der Waals surface area contributed by atoms with Crippen molar-refractivity contribution in [1.82, 2.24) is 10.6 Å². The topological polar surface area (TPSA) is 71.9 Å². The molecule has 0 unspecified atom stereocenters. The fourth-order valence-corrected chi connectivity index (χ4v) is 2.60. The van der Waals surface area contributed by atoms with Gasteiger partial charge in [-0.25, -0.2) is 0 Å². The minimum Gasteiger partial charge on any atom is -0.370 e. The summed E-state index contributed by atoms with van der Waals surface area (Å²) in [6.45, 7) is 9.75. The standard InChI is InChI=1S/C16H31N3O3/c1-3-5-6-14(4-2)13-18-16(21)15(20)17-7-8-19-9-11-22-12-10-19/h14H,3-13H2,1-2H3,(H,17,20)(H,18,21)/p+1/t14-/m1/s1. The summed E-state index contributed by atoms with van der Waals surface area (Å²) >= 11 is 0. The zero-order valence-electron chi connectivity index (χ0n) is 14.1. The number of hydrogen-bond donors (Lipinski definition) is 3.